The Labute approximate surface area is 127 Å². The second-order valence-corrected chi connectivity index (χ2v) is 5.39. The minimum atomic E-state index is 0.242. The molecule has 106 valence electrons. The van der Waals surface area contributed by atoms with E-state index in [1.54, 1.807) is 18.2 Å². The molecule has 2 heteroatoms. The maximum Gasteiger partial charge on any atom is 0.123 e. The summed E-state index contributed by atoms with van der Waals surface area (Å²) in [6, 6.07) is 22.9. The van der Waals surface area contributed by atoms with Crippen LogP contribution in [0.15, 0.2) is 72.8 Å². The van der Waals surface area contributed by atoms with Gasteiger partial charge in [0.15, 0.2) is 0 Å². The molecule has 2 nitrogen and oxygen atoms in total. The lowest BCUT2D eigenvalue weighted by atomic mass is 9.93. The lowest BCUT2D eigenvalue weighted by Crippen LogP contribution is -1.84. The fraction of sp³-hybridized carbons (Fsp3) is 0. The molecule has 0 fully saturated rings. The zero-order valence-electron chi connectivity index (χ0n) is 11.8. The predicted octanol–water partition coefficient (Wildman–Crippen LogP) is 5.07. The van der Waals surface area contributed by atoms with Crippen molar-refractivity contribution in [3.05, 3.63) is 72.8 Å². The lowest BCUT2D eigenvalue weighted by molar-refractivity contribution is 0.476. The highest BCUT2D eigenvalue weighted by atomic mass is 16.3. The van der Waals surface area contributed by atoms with Crippen LogP contribution in [0.4, 0.5) is 0 Å². The molecule has 0 saturated heterocycles. The maximum atomic E-state index is 10.1. The van der Waals surface area contributed by atoms with Crippen LogP contribution >= 0.6 is 0 Å². The van der Waals surface area contributed by atoms with Crippen molar-refractivity contribution in [3.63, 3.8) is 0 Å². The molecule has 0 saturated carbocycles. The van der Waals surface area contributed by atoms with Gasteiger partial charge in [-0.05, 0) is 45.5 Å². The Morgan fingerprint density at radius 2 is 1.27 bits per heavy atom. The lowest BCUT2D eigenvalue weighted by Gasteiger charge is -2.11. The Balaban J connectivity index is 2.14. The van der Waals surface area contributed by atoms with Gasteiger partial charge in [-0.1, -0.05) is 54.6 Å². The van der Waals surface area contributed by atoms with Crippen LogP contribution in [0.1, 0.15) is 0 Å². The first-order chi connectivity index (χ1) is 10.7. The number of rotatable bonds is 1. The van der Waals surface area contributed by atoms with Crippen LogP contribution in [0.25, 0.3) is 32.7 Å². The smallest absolute Gasteiger partial charge is 0.123 e. The third-order valence-corrected chi connectivity index (χ3v) is 4.04. The number of benzene rings is 4. The van der Waals surface area contributed by atoms with Crippen LogP contribution in [0, 0.1) is 0 Å². The first-order valence-corrected chi connectivity index (χ1v) is 7.17. The van der Waals surface area contributed by atoms with E-state index in [-0.39, 0.29) is 11.5 Å². The number of hydrogen-bond donors (Lipinski definition) is 2. The summed E-state index contributed by atoms with van der Waals surface area (Å²) >= 11 is 0. The van der Waals surface area contributed by atoms with Crippen LogP contribution in [-0.2, 0) is 0 Å². The fourth-order valence-electron chi connectivity index (χ4n) is 3.05. The topological polar surface area (TPSA) is 40.5 Å². The summed E-state index contributed by atoms with van der Waals surface area (Å²) in [7, 11) is 0. The van der Waals surface area contributed by atoms with E-state index in [9.17, 15) is 10.2 Å². The molecule has 0 heterocycles. The Morgan fingerprint density at radius 3 is 2.18 bits per heavy atom. The predicted molar refractivity (Wildman–Crippen MR) is 90.2 cm³/mol. The summed E-state index contributed by atoms with van der Waals surface area (Å²) in [4.78, 5) is 0. The molecule has 0 aromatic heterocycles. The van der Waals surface area contributed by atoms with Gasteiger partial charge in [0.2, 0.25) is 0 Å². The Bertz CT molecular complexity index is 1000. The van der Waals surface area contributed by atoms with Crippen LogP contribution in [-0.4, -0.2) is 10.2 Å². The zero-order valence-corrected chi connectivity index (χ0v) is 11.8. The van der Waals surface area contributed by atoms with Crippen molar-refractivity contribution in [2.45, 2.75) is 0 Å². The molecule has 22 heavy (non-hydrogen) atoms. The quantitative estimate of drug-likeness (QED) is 0.513. The van der Waals surface area contributed by atoms with Crippen molar-refractivity contribution in [3.8, 4) is 22.6 Å². The molecule has 0 radical (unpaired) electrons. The van der Waals surface area contributed by atoms with Gasteiger partial charge in [-0.25, -0.2) is 0 Å². The maximum absolute atomic E-state index is 10.1. The van der Waals surface area contributed by atoms with Gasteiger partial charge in [0.25, 0.3) is 0 Å². The van der Waals surface area contributed by atoms with Gasteiger partial charge in [-0.2, -0.15) is 0 Å². The molecular weight excluding hydrogens is 272 g/mol. The van der Waals surface area contributed by atoms with E-state index in [4.69, 9.17) is 0 Å². The van der Waals surface area contributed by atoms with Gasteiger partial charge < -0.3 is 10.2 Å². The second-order valence-electron chi connectivity index (χ2n) is 5.39. The van der Waals surface area contributed by atoms with Crippen molar-refractivity contribution in [1.82, 2.24) is 0 Å². The van der Waals surface area contributed by atoms with Crippen molar-refractivity contribution in [2.24, 2.45) is 0 Å². The van der Waals surface area contributed by atoms with Crippen LogP contribution < -0.4 is 0 Å². The number of hydrogen-bond acceptors (Lipinski definition) is 2. The molecule has 0 unspecified atom stereocenters. The molecule has 4 aromatic carbocycles. The first-order valence-electron chi connectivity index (χ1n) is 7.17. The molecule has 0 atom stereocenters. The van der Waals surface area contributed by atoms with Gasteiger partial charge in [-0.15, -0.1) is 0 Å². The van der Waals surface area contributed by atoms with E-state index < -0.39 is 0 Å². The molecule has 0 spiro atoms. The summed E-state index contributed by atoms with van der Waals surface area (Å²) in [5.41, 5.74) is 1.97. The summed E-state index contributed by atoms with van der Waals surface area (Å²) in [5.74, 6) is 0.509. The molecule has 0 amide bonds. The van der Waals surface area contributed by atoms with E-state index in [0.29, 0.717) is 0 Å². The molecule has 2 N–H and O–H groups in total. The molecule has 4 aromatic rings. The van der Waals surface area contributed by atoms with Crippen molar-refractivity contribution in [1.29, 1.82) is 0 Å². The Hall–Kier alpha value is -3.00. The van der Waals surface area contributed by atoms with E-state index >= 15 is 0 Å². The monoisotopic (exact) mass is 286 g/mol. The molecule has 0 aliphatic rings. The fourth-order valence-corrected chi connectivity index (χ4v) is 3.05. The van der Waals surface area contributed by atoms with Crippen LogP contribution in [0.3, 0.4) is 0 Å². The Kier molecular flexibility index (Phi) is 2.76. The molecular formula is C20H14O2. The minimum Gasteiger partial charge on any atom is -0.508 e. The highest BCUT2D eigenvalue weighted by molar-refractivity contribution is 6.07. The molecule has 0 bridgehead atoms. The van der Waals surface area contributed by atoms with Crippen LogP contribution in [0.2, 0.25) is 0 Å². The van der Waals surface area contributed by atoms with Gasteiger partial charge in [0, 0.05) is 5.39 Å². The summed E-state index contributed by atoms with van der Waals surface area (Å²) in [6.45, 7) is 0. The third-order valence-electron chi connectivity index (χ3n) is 4.04. The van der Waals surface area contributed by atoms with E-state index in [1.165, 1.54) is 0 Å². The van der Waals surface area contributed by atoms with E-state index in [0.717, 1.165) is 32.7 Å². The number of fused-ring (bicyclic) bond motifs is 2. The summed E-state index contributed by atoms with van der Waals surface area (Å²) in [6.07, 6.45) is 0. The SMILES string of the molecule is Oc1cc(-c2cccc3c(O)cccc23)c2ccccc2c1. The minimum absolute atomic E-state index is 0.242. The van der Waals surface area contributed by atoms with Gasteiger partial charge in [-0.3, -0.25) is 0 Å². The largest absolute Gasteiger partial charge is 0.508 e. The van der Waals surface area contributed by atoms with Crippen LogP contribution in [0.5, 0.6) is 11.5 Å². The van der Waals surface area contributed by atoms with Crippen molar-refractivity contribution >= 4 is 21.5 Å². The summed E-state index contributed by atoms with van der Waals surface area (Å²) in [5, 5.41) is 24.0. The van der Waals surface area contributed by atoms with Gasteiger partial charge >= 0.3 is 0 Å². The first kappa shape index (κ1) is 12.7. The molecule has 0 aliphatic heterocycles. The summed E-state index contributed by atoms with van der Waals surface area (Å²) < 4.78 is 0. The number of phenolic OH excluding ortho intramolecular Hbond substituents is 2. The van der Waals surface area contributed by atoms with Gasteiger partial charge in [0.1, 0.15) is 11.5 Å². The average molecular weight is 286 g/mol. The second kappa shape index (κ2) is 4.78. The van der Waals surface area contributed by atoms with Crippen molar-refractivity contribution < 1.29 is 10.2 Å². The number of aromatic hydroxyl groups is 2. The standard InChI is InChI=1S/C20H14O2/c21-14-11-13-5-1-2-6-15(13)19(12-14)17-7-3-9-18-16(17)8-4-10-20(18)22/h1-12,21-22H. The van der Waals surface area contributed by atoms with Crippen molar-refractivity contribution in [2.75, 3.05) is 0 Å². The van der Waals surface area contributed by atoms with E-state index in [2.05, 4.69) is 0 Å². The van der Waals surface area contributed by atoms with Gasteiger partial charge in [0.05, 0.1) is 0 Å². The number of phenols is 2. The van der Waals surface area contributed by atoms with E-state index in [1.807, 2.05) is 54.6 Å². The zero-order chi connectivity index (χ0) is 15.1. The molecule has 4 rings (SSSR count). The normalized spacial score (nSPS) is 11.1. The third kappa shape index (κ3) is 1.89. The highest BCUT2D eigenvalue weighted by Gasteiger charge is 2.10. The highest BCUT2D eigenvalue weighted by Crippen LogP contribution is 2.38. The molecule has 0 aliphatic carbocycles. The Morgan fingerprint density at radius 1 is 0.545 bits per heavy atom. The average Bonchev–Trinajstić information content (AvgIpc) is 2.54.